The molecule has 0 bridgehead atoms. The van der Waals surface area contributed by atoms with Crippen molar-refractivity contribution < 1.29 is 9.53 Å². The van der Waals surface area contributed by atoms with Crippen LogP contribution in [0.4, 0.5) is 0 Å². The molecular weight excluding hydrogens is 186 g/mol. The minimum atomic E-state index is -0.463. The van der Waals surface area contributed by atoms with Gasteiger partial charge in [-0.3, -0.25) is 4.79 Å². The molecule has 0 saturated carbocycles. The number of esters is 1. The number of rotatable bonds is 4. The standard InChI is InChI=1S/C6H13NO2S.ClH/c1-3-10-4-5(7)6(8)9-2;/h5H,3-4,7H2,1-2H3;1H/t5-;/m0./s1. The van der Waals surface area contributed by atoms with Crippen LogP contribution in [0, 0.1) is 0 Å². The Morgan fingerprint density at radius 2 is 2.27 bits per heavy atom. The zero-order valence-corrected chi connectivity index (χ0v) is 8.33. The average Bonchev–Trinajstić information content (AvgIpc) is 1.98. The van der Waals surface area contributed by atoms with Crippen LogP contribution in [0.25, 0.3) is 0 Å². The van der Waals surface area contributed by atoms with Crippen LogP contribution in [0.2, 0.25) is 0 Å². The SMILES string of the molecule is CCSC[C@H](N)C(=O)OC.Cl. The van der Waals surface area contributed by atoms with Crippen molar-refractivity contribution in [2.24, 2.45) is 5.73 Å². The first-order valence-corrected chi connectivity index (χ1v) is 4.29. The molecule has 0 aromatic rings. The van der Waals surface area contributed by atoms with E-state index in [9.17, 15) is 4.79 Å². The Morgan fingerprint density at radius 3 is 2.64 bits per heavy atom. The molecule has 11 heavy (non-hydrogen) atoms. The molecule has 0 aromatic carbocycles. The average molecular weight is 200 g/mol. The summed E-state index contributed by atoms with van der Waals surface area (Å²) in [5, 5.41) is 0. The van der Waals surface area contributed by atoms with Gasteiger partial charge < -0.3 is 10.5 Å². The van der Waals surface area contributed by atoms with E-state index in [1.54, 1.807) is 11.8 Å². The maximum Gasteiger partial charge on any atom is 0.323 e. The van der Waals surface area contributed by atoms with E-state index in [-0.39, 0.29) is 18.4 Å². The molecule has 0 aliphatic rings. The predicted octanol–water partition coefficient (Wildman–Crippen LogP) is 0.662. The van der Waals surface area contributed by atoms with Crippen LogP contribution in [0.5, 0.6) is 0 Å². The number of carbonyl (C=O) groups excluding carboxylic acids is 1. The first kappa shape index (κ1) is 13.6. The summed E-state index contributed by atoms with van der Waals surface area (Å²) in [6.07, 6.45) is 0. The quantitative estimate of drug-likeness (QED) is 0.676. The molecular formula is C6H14ClNO2S. The highest BCUT2D eigenvalue weighted by Gasteiger charge is 2.11. The molecule has 0 rings (SSSR count). The van der Waals surface area contributed by atoms with E-state index in [1.807, 2.05) is 6.92 Å². The van der Waals surface area contributed by atoms with Gasteiger partial charge in [0.2, 0.25) is 0 Å². The van der Waals surface area contributed by atoms with Gasteiger partial charge in [0.15, 0.2) is 0 Å². The Kier molecular flexibility index (Phi) is 10.1. The van der Waals surface area contributed by atoms with E-state index in [2.05, 4.69) is 4.74 Å². The van der Waals surface area contributed by atoms with Crippen LogP contribution >= 0.6 is 24.2 Å². The number of hydrogen-bond acceptors (Lipinski definition) is 4. The molecule has 0 amide bonds. The third-order valence-electron chi connectivity index (χ3n) is 1.01. The number of carbonyl (C=O) groups is 1. The Hall–Kier alpha value is 0.0700. The fourth-order valence-corrected chi connectivity index (χ4v) is 1.09. The predicted molar refractivity (Wildman–Crippen MR) is 50.2 cm³/mol. The van der Waals surface area contributed by atoms with Crippen LogP contribution in [0.3, 0.4) is 0 Å². The fraction of sp³-hybridized carbons (Fsp3) is 0.833. The highest BCUT2D eigenvalue weighted by Crippen LogP contribution is 2.00. The fourth-order valence-electron chi connectivity index (χ4n) is 0.464. The lowest BCUT2D eigenvalue weighted by Gasteiger charge is -2.06. The molecule has 1 atom stereocenters. The Bertz CT molecular complexity index is 113. The molecule has 0 fully saturated rings. The summed E-state index contributed by atoms with van der Waals surface area (Å²) >= 11 is 1.63. The molecule has 0 heterocycles. The van der Waals surface area contributed by atoms with Gasteiger partial charge in [0, 0.05) is 5.75 Å². The highest BCUT2D eigenvalue weighted by molar-refractivity contribution is 7.99. The zero-order valence-electron chi connectivity index (χ0n) is 6.70. The summed E-state index contributed by atoms with van der Waals surface area (Å²) < 4.78 is 4.43. The molecule has 0 unspecified atom stereocenters. The first-order valence-electron chi connectivity index (χ1n) is 3.13. The van der Waals surface area contributed by atoms with Gasteiger partial charge in [-0.2, -0.15) is 11.8 Å². The maximum atomic E-state index is 10.7. The first-order chi connectivity index (χ1) is 4.72. The van der Waals surface area contributed by atoms with Crippen molar-refractivity contribution in [2.75, 3.05) is 18.6 Å². The number of ether oxygens (including phenoxy) is 1. The van der Waals surface area contributed by atoms with Gasteiger partial charge in [-0.25, -0.2) is 0 Å². The van der Waals surface area contributed by atoms with Crippen molar-refractivity contribution in [2.45, 2.75) is 13.0 Å². The van der Waals surface area contributed by atoms with E-state index >= 15 is 0 Å². The van der Waals surface area contributed by atoms with Gasteiger partial charge >= 0.3 is 5.97 Å². The number of hydrogen-bond donors (Lipinski definition) is 1. The minimum Gasteiger partial charge on any atom is -0.468 e. The van der Waals surface area contributed by atoms with Crippen molar-refractivity contribution in [1.82, 2.24) is 0 Å². The number of thioether (sulfide) groups is 1. The topological polar surface area (TPSA) is 52.3 Å². The van der Waals surface area contributed by atoms with Crippen molar-refractivity contribution in [3.8, 4) is 0 Å². The summed E-state index contributed by atoms with van der Waals surface area (Å²) in [5.41, 5.74) is 5.42. The Labute approximate surface area is 77.5 Å². The molecule has 0 spiro atoms. The molecule has 68 valence electrons. The molecule has 0 aromatic heterocycles. The third-order valence-corrected chi connectivity index (χ3v) is 2.01. The van der Waals surface area contributed by atoms with Gasteiger partial charge in [0.05, 0.1) is 7.11 Å². The summed E-state index contributed by atoms with van der Waals surface area (Å²) in [4.78, 5) is 10.7. The van der Waals surface area contributed by atoms with Crippen molar-refractivity contribution >= 4 is 30.1 Å². The van der Waals surface area contributed by atoms with Gasteiger partial charge in [-0.05, 0) is 5.75 Å². The maximum absolute atomic E-state index is 10.7. The highest BCUT2D eigenvalue weighted by atomic mass is 35.5. The lowest BCUT2D eigenvalue weighted by atomic mass is 10.4. The Morgan fingerprint density at radius 1 is 1.73 bits per heavy atom. The second kappa shape index (κ2) is 8.17. The zero-order chi connectivity index (χ0) is 7.98. The molecule has 0 aliphatic heterocycles. The smallest absolute Gasteiger partial charge is 0.323 e. The Balaban J connectivity index is 0. The molecule has 2 N–H and O–H groups in total. The lowest BCUT2D eigenvalue weighted by molar-refractivity contribution is -0.141. The van der Waals surface area contributed by atoms with E-state index < -0.39 is 6.04 Å². The minimum absolute atomic E-state index is 0. The molecule has 0 radical (unpaired) electrons. The van der Waals surface area contributed by atoms with Crippen LogP contribution in [-0.4, -0.2) is 30.6 Å². The largest absolute Gasteiger partial charge is 0.468 e. The third kappa shape index (κ3) is 6.47. The number of nitrogens with two attached hydrogens (primary N) is 1. The summed E-state index contributed by atoms with van der Waals surface area (Å²) in [7, 11) is 1.35. The molecule has 0 aliphatic carbocycles. The van der Waals surface area contributed by atoms with Gasteiger partial charge in [-0.1, -0.05) is 6.92 Å². The van der Waals surface area contributed by atoms with Gasteiger partial charge in [0.25, 0.3) is 0 Å². The van der Waals surface area contributed by atoms with Gasteiger partial charge in [0.1, 0.15) is 6.04 Å². The van der Waals surface area contributed by atoms with E-state index in [0.29, 0.717) is 5.75 Å². The normalized spacial score (nSPS) is 11.5. The van der Waals surface area contributed by atoms with Gasteiger partial charge in [-0.15, -0.1) is 12.4 Å². The van der Waals surface area contributed by atoms with Crippen LogP contribution in [-0.2, 0) is 9.53 Å². The van der Waals surface area contributed by atoms with E-state index in [1.165, 1.54) is 7.11 Å². The van der Waals surface area contributed by atoms with Crippen molar-refractivity contribution in [1.29, 1.82) is 0 Å². The molecule has 5 heteroatoms. The number of halogens is 1. The second-order valence-corrected chi connectivity index (χ2v) is 3.11. The van der Waals surface area contributed by atoms with Crippen LogP contribution in [0.15, 0.2) is 0 Å². The second-order valence-electron chi connectivity index (χ2n) is 1.79. The van der Waals surface area contributed by atoms with Crippen LogP contribution < -0.4 is 5.73 Å². The van der Waals surface area contributed by atoms with Crippen molar-refractivity contribution in [3.63, 3.8) is 0 Å². The van der Waals surface area contributed by atoms with E-state index in [0.717, 1.165) is 5.75 Å². The number of methoxy groups -OCH3 is 1. The van der Waals surface area contributed by atoms with E-state index in [4.69, 9.17) is 5.73 Å². The monoisotopic (exact) mass is 199 g/mol. The summed E-state index contributed by atoms with van der Waals surface area (Å²) in [6.45, 7) is 2.02. The summed E-state index contributed by atoms with van der Waals surface area (Å²) in [5.74, 6) is 1.29. The lowest BCUT2D eigenvalue weighted by Crippen LogP contribution is -2.33. The van der Waals surface area contributed by atoms with Crippen molar-refractivity contribution in [3.05, 3.63) is 0 Å². The van der Waals surface area contributed by atoms with Crippen LogP contribution in [0.1, 0.15) is 6.92 Å². The summed E-state index contributed by atoms with van der Waals surface area (Å²) in [6, 6.07) is -0.463. The molecule has 3 nitrogen and oxygen atoms in total. The molecule has 0 saturated heterocycles.